The number of aromatic nitrogens is 2. The maximum absolute atomic E-state index is 5.68. The minimum atomic E-state index is 0.359. The van der Waals surface area contributed by atoms with Crippen LogP contribution in [0, 0.1) is 0 Å². The van der Waals surface area contributed by atoms with Gasteiger partial charge < -0.3 is 15.4 Å². The Kier molecular flexibility index (Phi) is 4.90. The normalized spacial score (nSPS) is 17.1. The van der Waals surface area contributed by atoms with Gasteiger partial charge in [0.05, 0.1) is 12.7 Å². The molecular weight excluding hydrogens is 228 g/mol. The van der Waals surface area contributed by atoms with Gasteiger partial charge in [-0.1, -0.05) is 6.92 Å². The van der Waals surface area contributed by atoms with Crippen molar-refractivity contribution in [2.24, 2.45) is 5.73 Å². The summed E-state index contributed by atoms with van der Waals surface area (Å²) in [7, 11) is 0. The monoisotopic (exact) mass is 250 g/mol. The molecule has 1 aromatic rings. The standard InChI is InChI=1S/C13H22N4O/c1-2-11-9-13(16-10-15-11)17-6-3-12(4-7-17)18-8-5-14/h9-10,12H,2-8,14H2,1H3. The van der Waals surface area contributed by atoms with Crippen molar-refractivity contribution in [3.8, 4) is 0 Å². The first-order valence-electron chi connectivity index (χ1n) is 6.71. The first kappa shape index (κ1) is 13.2. The van der Waals surface area contributed by atoms with Gasteiger partial charge in [-0.25, -0.2) is 9.97 Å². The SMILES string of the molecule is CCc1cc(N2CCC(OCCN)CC2)ncn1. The summed E-state index contributed by atoms with van der Waals surface area (Å²) in [5, 5.41) is 0. The topological polar surface area (TPSA) is 64.3 Å². The van der Waals surface area contributed by atoms with Crippen LogP contribution in [0.25, 0.3) is 0 Å². The third kappa shape index (κ3) is 3.40. The van der Waals surface area contributed by atoms with Gasteiger partial charge >= 0.3 is 0 Å². The number of nitrogens with two attached hydrogens (primary N) is 1. The van der Waals surface area contributed by atoms with E-state index in [1.165, 1.54) is 0 Å². The maximum atomic E-state index is 5.68. The second kappa shape index (κ2) is 6.66. The van der Waals surface area contributed by atoms with Crippen molar-refractivity contribution in [1.82, 2.24) is 9.97 Å². The number of hydrogen-bond acceptors (Lipinski definition) is 5. The number of ether oxygens (including phenoxy) is 1. The average Bonchev–Trinajstić information content (AvgIpc) is 2.46. The van der Waals surface area contributed by atoms with E-state index in [4.69, 9.17) is 10.5 Å². The fraction of sp³-hybridized carbons (Fsp3) is 0.692. The zero-order valence-corrected chi connectivity index (χ0v) is 11.0. The van der Waals surface area contributed by atoms with E-state index in [2.05, 4.69) is 27.9 Å². The second-order valence-corrected chi connectivity index (χ2v) is 4.57. The molecular formula is C13H22N4O. The lowest BCUT2D eigenvalue weighted by Gasteiger charge is -2.32. The first-order valence-corrected chi connectivity index (χ1v) is 6.71. The summed E-state index contributed by atoms with van der Waals surface area (Å²) in [4.78, 5) is 10.9. The zero-order chi connectivity index (χ0) is 12.8. The maximum Gasteiger partial charge on any atom is 0.132 e. The molecule has 100 valence electrons. The van der Waals surface area contributed by atoms with Gasteiger partial charge in [0, 0.05) is 31.4 Å². The van der Waals surface area contributed by atoms with Crippen molar-refractivity contribution < 1.29 is 4.74 Å². The van der Waals surface area contributed by atoms with Crippen LogP contribution in [0.4, 0.5) is 5.82 Å². The number of piperidine rings is 1. The Bertz CT molecular complexity index is 364. The molecule has 1 saturated heterocycles. The van der Waals surface area contributed by atoms with Crippen molar-refractivity contribution in [2.45, 2.75) is 32.3 Å². The molecule has 2 heterocycles. The van der Waals surface area contributed by atoms with Crippen LogP contribution in [0.15, 0.2) is 12.4 Å². The summed E-state index contributed by atoms with van der Waals surface area (Å²) in [5.74, 6) is 1.04. The van der Waals surface area contributed by atoms with E-state index in [1.54, 1.807) is 6.33 Å². The molecule has 0 aromatic carbocycles. The molecule has 0 amide bonds. The van der Waals surface area contributed by atoms with Crippen LogP contribution < -0.4 is 10.6 Å². The number of anilines is 1. The lowest BCUT2D eigenvalue weighted by molar-refractivity contribution is 0.0421. The quantitative estimate of drug-likeness (QED) is 0.844. The molecule has 0 unspecified atom stereocenters. The van der Waals surface area contributed by atoms with Gasteiger partial charge in [-0.15, -0.1) is 0 Å². The predicted octanol–water partition coefficient (Wildman–Crippen LogP) is 0.983. The van der Waals surface area contributed by atoms with Crippen LogP contribution in [0.1, 0.15) is 25.5 Å². The third-order valence-corrected chi connectivity index (χ3v) is 3.31. The van der Waals surface area contributed by atoms with Crippen molar-refractivity contribution in [3.63, 3.8) is 0 Å². The molecule has 0 bridgehead atoms. The van der Waals surface area contributed by atoms with Crippen molar-refractivity contribution in [3.05, 3.63) is 18.1 Å². The lowest BCUT2D eigenvalue weighted by atomic mass is 10.1. The summed E-state index contributed by atoms with van der Waals surface area (Å²) in [6.07, 6.45) is 5.06. The van der Waals surface area contributed by atoms with E-state index in [0.29, 0.717) is 19.3 Å². The molecule has 1 aliphatic rings. The van der Waals surface area contributed by atoms with Gasteiger partial charge in [0.15, 0.2) is 0 Å². The van der Waals surface area contributed by atoms with Crippen molar-refractivity contribution in [1.29, 1.82) is 0 Å². The molecule has 0 atom stereocenters. The first-order chi connectivity index (χ1) is 8.83. The highest BCUT2D eigenvalue weighted by Gasteiger charge is 2.20. The van der Waals surface area contributed by atoms with Gasteiger partial charge in [-0.05, 0) is 19.3 Å². The van der Waals surface area contributed by atoms with Crippen LogP contribution in [0.2, 0.25) is 0 Å². The summed E-state index contributed by atoms with van der Waals surface area (Å²) >= 11 is 0. The Labute approximate surface area is 108 Å². The average molecular weight is 250 g/mol. The van der Waals surface area contributed by atoms with E-state index in [9.17, 15) is 0 Å². The van der Waals surface area contributed by atoms with E-state index in [0.717, 1.165) is 43.9 Å². The highest BCUT2D eigenvalue weighted by molar-refractivity contribution is 5.39. The van der Waals surface area contributed by atoms with Crippen LogP contribution in [0.3, 0.4) is 0 Å². The lowest BCUT2D eigenvalue weighted by Crippen LogP contribution is -2.38. The van der Waals surface area contributed by atoms with Gasteiger partial charge in [0.1, 0.15) is 12.1 Å². The Morgan fingerprint density at radius 2 is 2.17 bits per heavy atom. The summed E-state index contributed by atoms with van der Waals surface area (Å²) in [6.45, 7) is 5.37. The molecule has 1 aromatic heterocycles. The third-order valence-electron chi connectivity index (χ3n) is 3.31. The Morgan fingerprint density at radius 3 is 2.83 bits per heavy atom. The van der Waals surface area contributed by atoms with Crippen LogP contribution >= 0.6 is 0 Å². The van der Waals surface area contributed by atoms with Crippen LogP contribution in [0.5, 0.6) is 0 Å². The molecule has 1 aliphatic heterocycles. The summed E-state index contributed by atoms with van der Waals surface area (Å²) in [6, 6.07) is 2.08. The molecule has 0 aliphatic carbocycles. The van der Waals surface area contributed by atoms with Crippen molar-refractivity contribution >= 4 is 5.82 Å². The molecule has 1 fully saturated rings. The Balaban J connectivity index is 1.88. The fourth-order valence-electron chi connectivity index (χ4n) is 2.24. The zero-order valence-electron chi connectivity index (χ0n) is 11.0. The number of hydrogen-bond donors (Lipinski definition) is 1. The molecule has 0 saturated carbocycles. The Hall–Kier alpha value is -1.20. The van der Waals surface area contributed by atoms with E-state index in [-0.39, 0.29) is 0 Å². The number of nitrogens with zero attached hydrogens (tertiary/aromatic N) is 3. The minimum absolute atomic E-state index is 0.359. The molecule has 0 spiro atoms. The predicted molar refractivity (Wildman–Crippen MR) is 71.7 cm³/mol. The molecule has 2 N–H and O–H groups in total. The molecule has 0 radical (unpaired) electrons. The van der Waals surface area contributed by atoms with Crippen LogP contribution in [-0.4, -0.2) is 42.3 Å². The highest BCUT2D eigenvalue weighted by atomic mass is 16.5. The van der Waals surface area contributed by atoms with Gasteiger partial charge in [-0.2, -0.15) is 0 Å². The minimum Gasteiger partial charge on any atom is -0.377 e. The van der Waals surface area contributed by atoms with Gasteiger partial charge in [-0.3, -0.25) is 0 Å². The summed E-state index contributed by atoms with van der Waals surface area (Å²) < 4.78 is 5.68. The smallest absolute Gasteiger partial charge is 0.132 e. The molecule has 18 heavy (non-hydrogen) atoms. The van der Waals surface area contributed by atoms with E-state index < -0.39 is 0 Å². The molecule has 2 rings (SSSR count). The van der Waals surface area contributed by atoms with Crippen LogP contribution in [-0.2, 0) is 11.2 Å². The van der Waals surface area contributed by atoms with Crippen molar-refractivity contribution in [2.75, 3.05) is 31.1 Å². The summed E-state index contributed by atoms with van der Waals surface area (Å²) in [5.41, 5.74) is 6.54. The number of rotatable bonds is 5. The van der Waals surface area contributed by atoms with Gasteiger partial charge in [0.25, 0.3) is 0 Å². The second-order valence-electron chi connectivity index (χ2n) is 4.57. The largest absolute Gasteiger partial charge is 0.377 e. The Morgan fingerprint density at radius 1 is 1.39 bits per heavy atom. The number of aryl methyl sites for hydroxylation is 1. The van der Waals surface area contributed by atoms with Gasteiger partial charge in [0.2, 0.25) is 0 Å². The molecule has 5 nitrogen and oxygen atoms in total. The molecule has 5 heteroatoms. The fourth-order valence-corrected chi connectivity index (χ4v) is 2.24. The highest BCUT2D eigenvalue weighted by Crippen LogP contribution is 2.19. The van der Waals surface area contributed by atoms with E-state index >= 15 is 0 Å². The van der Waals surface area contributed by atoms with E-state index in [1.807, 2.05) is 0 Å².